The minimum absolute atomic E-state index is 0.0630. The van der Waals surface area contributed by atoms with Gasteiger partial charge in [-0.15, -0.1) is 0 Å². The Hall–Kier alpha value is -4.08. The number of amides is 2. The summed E-state index contributed by atoms with van der Waals surface area (Å²) in [5.41, 5.74) is 8.77. The van der Waals surface area contributed by atoms with Gasteiger partial charge in [0.2, 0.25) is 6.41 Å². The number of hydrogen-bond acceptors (Lipinski definition) is 6. The van der Waals surface area contributed by atoms with Gasteiger partial charge in [-0.25, -0.2) is 14.6 Å². The van der Waals surface area contributed by atoms with Gasteiger partial charge in [0.25, 0.3) is 0 Å². The van der Waals surface area contributed by atoms with Gasteiger partial charge in [-0.2, -0.15) is 0 Å². The molecule has 0 bridgehead atoms. The third kappa shape index (κ3) is 7.63. The summed E-state index contributed by atoms with van der Waals surface area (Å²) in [4.78, 5) is 36.9. The number of carbonyl (C=O) groups is 3. The van der Waals surface area contributed by atoms with E-state index in [1.54, 1.807) is 36.4 Å². The third-order valence-electron chi connectivity index (χ3n) is 4.12. The molecule has 0 aliphatic heterocycles. The van der Waals surface area contributed by atoms with Gasteiger partial charge in [0, 0.05) is 18.2 Å². The van der Waals surface area contributed by atoms with Gasteiger partial charge in [0.05, 0.1) is 6.61 Å². The maximum atomic E-state index is 13.1. The molecule has 170 valence electrons. The molecule has 0 aliphatic rings. The summed E-state index contributed by atoms with van der Waals surface area (Å²) in [6.07, 6.45) is -0.516. The monoisotopic (exact) mass is 441 g/mol. The minimum Gasteiger partial charge on any atom is -0.448 e. The van der Waals surface area contributed by atoms with Crippen molar-refractivity contribution in [2.24, 2.45) is 11.7 Å². The lowest BCUT2D eigenvalue weighted by atomic mass is 10.1. The van der Waals surface area contributed by atoms with E-state index in [1.807, 2.05) is 19.9 Å². The molecule has 1 atom stereocenters. The lowest BCUT2D eigenvalue weighted by Crippen LogP contribution is -2.54. The fourth-order valence-electron chi connectivity index (χ4n) is 2.73. The van der Waals surface area contributed by atoms with Crippen molar-refractivity contribution in [2.45, 2.75) is 26.3 Å². The lowest BCUT2D eigenvalue weighted by molar-refractivity contribution is -0.141. The second-order valence-corrected chi connectivity index (χ2v) is 7.28. The number of guanidine groups is 1. The zero-order chi connectivity index (χ0) is 23.5. The van der Waals surface area contributed by atoms with E-state index >= 15 is 0 Å². The SMILES string of the molecule is CC(C)COC(=O)N(NC=O)[C@@H](Cc1ccccc1)C(=O)Oc1cccc(NC(=N)N)c1. The molecule has 2 aromatic rings. The largest absolute Gasteiger partial charge is 0.448 e. The average Bonchev–Trinajstić information content (AvgIpc) is 2.75. The quantitative estimate of drug-likeness (QED) is 0.110. The Labute approximate surface area is 186 Å². The number of nitrogens with two attached hydrogens (primary N) is 1. The number of carbonyl (C=O) groups excluding carboxylic acids is 3. The van der Waals surface area contributed by atoms with Crippen LogP contribution in [0.1, 0.15) is 19.4 Å². The van der Waals surface area contributed by atoms with E-state index in [9.17, 15) is 14.4 Å². The minimum atomic E-state index is -1.20. The molecular formula is C22H27N5O5. The van der Waals surface area contributed by atoms with Crippen molar-refractivity contribution in [3.8, 4) is 5.75 Å². The van der Waals surface area contributed by atoms with Crippen molar-refractivity contribution < 1.29 is 23.9 Å². The van der Waals surface area contributed by atoms with Crippen LogP contribution in [0, 0.1) is 11.3 Å². The van der Waals surface area contributed by atoms with Gasteiger partial charge in [-0.1, -0.05) is 50.2 Å². The maximum Gasteiger partial charge on any atom is 0.429 e. The maximum absolute atomic E-state index is 13.1. The lowest BCUT2D eigenvalue weighted by Gasteiger charge is -2.28. The van der Waals surface area contributed by atoms with Crippen molar-refractivity contribution in [2.75, 3.05) is 11.9 Å². The van der Waals surface area contributed by atoms with E-state index in [0.717, 1.165) is 10.6 Å². The number of nitrogens with one attached hydrogen (secondary N) is 3. The molecule has 10 nitrogen and oxygen atoms in total. The predicted molar refractivity (Wildman–Crippen MR) is 119 cm³/mol. The molecule has 0 aliphatic carbocycles. The summed E-state index contributed by atoms with van der Waals surface area (Å²) < 4.78 is 10.7. The molecule has 32 heavy (non-hydrogen) atoms. The van der Waals surface area contributed by atoms with Crippen LogP contribution >= 0.6 is 0 Å². The molecule has 5 N–H and O–H groups in total. The average molecular weight is 441 g/mol. The number of rotatable bonds is 10. The summed E-state index contributed by atoms with van der Waals surface area (Å²) >= 11 is 0. The number of anilines is 1. The van der Waals surface area contributed by atoms with Crippen LogP contribution in [0.15, 0.2) is 54.6 Å². The van der Waals surface area contributed by atoms with Gasteiger partial charge >= 0.3 is 12.1 Å². The first-order valence-electron chi connectivity index (χ1n) is 9.92. The van der Waals surface area contributed by atoms with Gasteiger partial charge in [0.1, 0.15) is 5.75 Å². The Morgan fingerprint density at radius 3 is 2.50 bits per heavy atom. The molecule has 0 heterocycles. The molecule has 0 spiro atoms. The van der Waals surface area contributed by atoms with E-state index in [4.69, 9.17) is 20.6 Å². The summed E-state index contributed by atoms with van der Waals surface area (Å²) in [5.74, 6) is -0.830. The predicted octanol–water partition coefficient (Wildman–Crippen LogP) is 2.26. The summed E-state index contributed by atoms with van der Waals surface area (Å²) in [7, 11) is 0. The van der Waals surface area contributed by atoms with Crippen LogP contribution in [-0.2, 0) is 20.7 Å². The Balaban J connectivity index is 2.29. The van der Waals surface area contributed by atoms with Crippen LogP contribution in [0.2, 0.25) is 0 Å². The van der Waals surface area contributed by atoms with Gasteiger partial charge in [-0.05, 0) is 23.6 Å². The topological polar surface area (TPSA) is 147 Å². The zero-order valence-electron chi connectivity index (χ0n) is 17.9. The van der Waals surface area contributed by atoms with E-state index in [-0.39, 0.29) is 30.7 Å². The van der Waals surface area contributed by atoms with E-state index in [0.29, 0.717) is 12.1 Å². The second kappa shape index (κ2) is 11.9. The number of hydrogen-bond donors (Lipinski definition) is 4. The molecule has 0 saturated heterocycles. The van der Waals surface area contributed by atoms with E-state index in [1.165, 1.54) is 12.1 Å². The number of esters is 1. The van der Waals surface area contributed by atoms with E-state index < -0.39 is 18.1 Å². The van der Waals surface area contributed by atoms with Crippen molar-refractivity contribution in [3.63, 3.8) is 0 Å². The van der Waals surface area contributed by atoms with Gasteiger partial charge in [0.15, 0.2) is 12.0 Å². The fourth-order valence-corrected chi connectivity index (χ4v) is 2.73. The number of hydrazine groups is 1. The molecule has 2 amide bonds. The smallest absolute Gasteiger partial charge is 0.429 e. The highest BCUT2D eigenvalue weighted by molar-refractivity contribution is 5.90. The molecule has 0 radical (unpaired) electrons. The van der Waals surface area contributed by atoms with Crippen LogP contribution < -0.4 is 21.2 Å². The van der Waals surface area contributed by atoms with Gasteiger partial charge < -0.3 is 20.5 Å². The van der Waals surface area contributed by atoms with Crippen molar-refractivity contribution >= 4 is 30.1 Å². The van der Waals surface area contributed by atoms with Crippen LogP contribution in [0.25, 0.3) is 0 Å². The molecule has 0 fully saturated rings. The van der Waals surface area contributed by atoms with Gasteiger partial charge in [-0.3, -0.25) is 15.6 Å². The second-order valence-electron chi connectivity index (χ2n) is 7.28. The first-order chi connectivity index (χ1) is 15.3. The third-order valence-corrected chi connectivity index (χ3v) is 4.12. The highest BCUT2D eigenvalue weighted by Crippen LogP contribution is 2.19. The molecule has 0 unspecified atom stereocenters. The Morgan fingerprint density at radius 2 is 1.88 bits per heavy atom. The first-order valence-corrected chi connectivity index (χ1v) is 9.92. The molecule has 0 aromatic heterocycles. The number of benzene rings is 2. The van der Waals surface area contributed by atoms with Crippen molar-refractivity contribution in [1.82, 2.24) is 10.4 Å². The normalized spacial score (nSPS) is 11.2. The van der Waals surface area contributed by atoms with Crippen LogP contribution in [0.3, 0.4) is 0 Å². The molecular weight excluding hydrogens is 414 g/mol. The summed E-state index contributed by atoms with van der Waals surface area (Å²) in [6, 6.07) is 14.1. The van der Waals surface area contributed by atoms with Crippen molar-refractivity contribution in [3.05, 3.63) is 60.2 Å². The van der Waals surface area contributed by atoms with E-state index in [2.05, 4.69) is 10.7 Å². The van der Waals surface area contributed by atoms with Crippen molar-refractivity contribution in [1.29, 1.82) is 5.41 Å². The molecule has 0 saturated carbocycles. The molecule has 2 rings (SSSR count). The first kappa shape index (κ1) is 24.2. The Bertz CT molecular complexity index is 935. The Morgan fingerprint density at radius 1 is 1.16 bits per heavy atom. The highest BCUT2D eigenvalue weighted by Gasteiger charge is 2.33. The Kier molecular flexibility index (Phi) is 9.03. The fraction of sp³-hybridized carbons (Fsp3) is 0.273. The standard InChI is InChI=1S/C22H27N5O5/c1-15(2)13-31-22(30)27(25-14-28)19(11-16-7-4-3-5-8-16)20(29)32-18-10-6-9-17(12-18)26-21(23)24/h3-10,12,14-15,19H,11,13H2,1-2H3,(H,25,28)(H4,23,24,26)/t19-/m0/s1. The molecule has 10 heteroatoms. The van der Waals surface area contributed by atoms with Crippen LogP contribution in [0.5, 0.6) is 5.75 Å². The van der Waals surface area contributed by atoms with Crippen LogP contribution in [0.4, 0.5) is 10.5 Å². The zero-order valence-corrected chi connectivity index (χ0v) is 17.9. The highest BCUT2D eigenvalue weighted by atomic mass is 16.6. The summed E-state index contributed by atoms with van der Waals surface area (Å²) in [6.45, 7) is 3.84. The van der Waals surface area contributed by atoms with Crippen LogP contribution in [-0.4, -0.2) is 42.1 Å². The number of ether oxygens (including phenoxy) is 2. The summed E-state index contributed by atoms with van der Waals surface area (Å²) in [5, 5.41) is 10.7. The molecule has 2 aromatic carbocycles. The number of nitrogens with zero attached hydrogens (tertiary/aromatic N) is 1.